The lowest BCUT2D eigenvalue weighted by Crippen LogP contribution is -2.47. The number of hydrogen-bond donors (Lipinski definition) is 3. The fraction of sp³-hybridized carbons (Fsp3) is 0.393. The number of carbonyl (C=O) groups is 4. The molecule has 0 bridgehead atoms. The highest BCUT2D eigenvalue weighted by Gasteiger charge is 2.48. The molecule has 17 nitrogen and oxygen atoms in total. The molecule has 4 aliphatic rings. The zero-order valence-corrected chi connectivity index (χ0v) is 46.9. The van der Waals surface area contributed by atoms with Crippen molar-refractivity contribution in [3.63, 3.8) is 0 Å². The summed E-state index contributed by atoms with van der Waals surface area (Å²) in [6, 6.07) is 25.8. The van der Waals surface area contributed by atoms with E-state index in [1.54, 1.807) is 74.8 Å². The third-order valence-corrected chi connectivity index (χ3v) is 20.4. The van der Waals surface area contributed by atoms with Crippen molar-refractivity contribution in [1.29, 1.82) is 0 Å². The van der Waals surface area contributed by atoms with Crippen molar-refractivity contribution in [2.45, 2.75) is 101 Å². The number of nitrogens with zero attached hydrogens (tertiary/aromatic N) is 2. The molecule has 5 aromatic carbocycles. The molecule has 0 radical (unpaired) electrons. The minimum Gasteiger partial charge on any atom is -0.493 e. The molecule has 0 aromatic heterocycles. The molecule has 2 unspecified atom stereocenters. The van der Waals surface area contributed by atoms with Crippen LogP contribution in [-0.2, 0) is 72.9 Å². The van der Waals surface area contributed by atoms with Crippen LogP contribution in [-0.4, -0.2) is 99.9 Å². The monoisotopic (exact) mass is 1130 g/mol. The van der Waals surface area contributed by atoms with Crippen molar-refractivity contribution in [1.82, 2.24) is 5.32 Å². The average molecular weight is 1130 g/mol. The SMILES string of the molecule is CNC(=O)CCCSSC(C)(C)CC(=O)Nc1cc(COc2cc3c(cc2C)C(=O)N2c4ccccc4C[C@H]2C(S(=O)(=O)OC)C3)cc(COc2cc3c(cc2OC)C(=O)N2c4ccccc4C[C@H]2C(CS(=O)(=O)O)C3)c1. The van der Waals surface area contributed by atoms with Crippen LogP contribution < -0.4 is 34.6 Å². The van der Waals surface area contributed by atoms with Gasteiger partial charge in [-0.1, -0.05) is 58.0 Å². The van der Waals surface area contributed by atoms with E-state index in [1.165, 1.54) is 7.11 Å². The number of carbonyl (C=O) groups excluding carboxylic acids is 4. The van der Waals surface area contributed by atoms with Crippen molar-refractivity contribution in [2.24, 2.45) is 5.92 Å². The summed E-state index contributed by atoms with van der Waals surface area (Å²) in [5.74, 6) is -0.412. The van der Waals surface area contributed by atoms with E-state index in [1.807, 2.05) is 75.4 Å². The van der Waals surface area contributed by atoms with Gasteiger partial charge in [0.05, 0.1) is 26.0 Å². The van der Waals surface area contributed by atoms with Crippen LogP contribution in [0, 0.1) is 12.8 Å². The Balaban J connectivity index is 0.996. The van der Waals surface area contributed by atoms with E-state index < -0.39 is 54.0 Å². The molecule has 0 fully saturated rings. The number of ether oxygens (including phenoxy) is 3. The maximum Gasteiger partial charge on any atom is 0.272 e. The van der Waals surface area contributed by atoms with Gasteiger partial charge >= 0.3 is 0 Å². The highest BCUT2D eigenvalue weighted by atomic mass is 33.1. The van der Waals surface area contributed by atoms with Gasteiger partial charge in [0.1, 0.15) is 24.2 Å². The predicted octanol–water partition coefficient (Wildman–Crippen LogP) is 8.28. The van der Waals surface area contributed by atoms with E-state index in [2.05, 4.69) is 10.6 Å². The van der Waals surface area contributed by atoms with Crippen LogP contribution in [0.2, 0.25) is 0 Å². The third kappa shape index (κ3) is 12.3. The van der Waals surface area contributed by atoms with Gasteiger partial charge in [-0.15, -0.1) is 0 Å². The summed E-state index contributed by atoms with van der Waals surface area (Å²) in [6.45, 7) is 5.71. The number of rotatable bonds is 20. The number of benzene rings is 5. The van der Waals surface area contributed by atoms with Crippen LogP contribution >= 0.6 is 21.6 Å². The van der Waals surface area contributed by atoms with Crippen LogP contribution in [0.1, 0.15) is 92.8 Å². The van der Waals surface area contributed by atoms with Gasteiger partial charge < -0.3 is 34.6 Å². The Hall–Kier alpha value is -6.10. The summed E-state index contributed by atoms with van der Waals surface area (Å²) in [7, 11) is -1.18. The predicted molar refractivity (Wildman–Crippen MR) is 298 cm³/mol. The van der Waals surface area contributed by atoms with Gasteiger partial charge in [0.2, 0.25) is 11.8 Å². The van der Waals surface area contributed by atoms with Crippen molar-refractivity contribution in [2.75, 3.05) is 47.9 Å². The molecule has 4 atom stereocenters. The third-order valence-electron chi connectivity index (χ3n) is 14.5. The zero-order chi connectivity index (χ0) is 55.0. The molecule has 0 spiro atoms. The van der Waals surface area contributed by atoms with E-state index in [9.17, 15) is 40.6 Å². The molecular formula is C56H62N4O13S4. The second kappa shape index (κ2) is 22.7. The van der Waals surface area contributed by atoms with Crippen molar-refractivity contribution >= 4 is 82.5 Å². The van der Waals surface area contributed by atoms with Gasteiger partial charge in [-0.2, -0.15) is 16.8 Å². The molecular weight excluding hydrogens is 1060 g/mol. The molecule has 9 rings (SSSR count). The minimum atomic E-state index is -4.44. The Labute approximate surface area is 457 Å². The fourth-order valence-corrected chi connectivity index (χ4v) is 15.7. The normalized spacial score (nSPS) is 18.7. The number of anilines is 3. The molecule has 0 aliphatic carbocycles. The Morgan fingerprint density at radius 2 is 1.31 bits per heavy atom. The number of nitrogens with one attached hydrogen (secondary N) is 2. The first kappa shape index (κ1) is 55.6. The number of aryl methyl sites for hydroxylation is 1. The van der Waals surface area contributed by atoms with Gasteiger partial charge in [0.15, 0.2) is 11.5 Å². The first-order chi connectivity index (χ1) is 36.6. The standard InChI is InChI=1S/C56H62N4O13S4/c1-33-18-42-39(27-51(77(68,69)71-6)47-24-37-13-8-10-15-45(37)60(47)54(42)63)25-48(33)72-30-34-19-35(21-41(20-34)58-53(62)29-56(2,3)75-74-17-11-16-52(61)57-4)31-73-50-26-38-22-40(32-76(65,66)67)46-23-36-12-7-9-14-44(36)59(46)55(64)43(38)28-49(50)70-5/h7-10,12-15,18-21,25-26,28,40,46-47,51H,11,16-17,22-24,27,29-32H2,1-6H3,(H,57,61)(H,58,62)(H,65,66,67)/t40?,46-,47-,51?/m0/s1. The number of hydrogen-bond acceptors (Lipinski definition) is 14. The topological polar surface area (TPSA) is 224 Å². The summed E-state index contributed by atoms with van der Waals surface area (Å²) in [5, 5.41) is 4.63. The summed E-state index contributed by atoms with van der Waals surface area (Å²) >= 11 is 0. The number of amides is 4. The Kier molecular flexibility index (Phi) is 16.4. The van der Waals surface area contributed by atoms with Crippen LogP contribution in [0.25, 0.3) is 0 Å². The quantitative estimate of drug-likeness (QED) is 0.0289. The zero-order valence-electron chi connectivity index (χ0n) is 43.6. The lowest BCUT2D eigenvalue weighted by molar-refractivity contribution is -0.120. The van der Waals surface area contributed by atoms with Crippen LogP contribution in [0.5, 0.6) is 17.2 Å². The second-order valence-electron chi connectivity index (χ2n) is 20.5. The Morgan fingerprint density at radius 1 is 0.727 bits per heavy atom. The van der Waals surface area contributed by atoms with Crippen LogP contribution in [0.3, 0.4) is 0 Å². The van der Waals surface area contributed by atoms with Crippen molar-refractivity contribution < 1.29 is 59.0 Å². The first-order valence-corrected chi connectivity index (χ1v) is 30.7. The summed E-state index contributed by atoms with van der Waals surface area (Å²) < 4.78 is 85.7. The maximum atomic E-state index is 14.5. The van der Waals surface area contributed by atoms with Crippen molar-refractivity contribution in [3.8, 4) is 17.2 Å². The maximum absolute atomic E-state index is 14.5. The molecule has 21 heteroatoms. The van der Waals surface area contributed by atoms with E-state index in [4.69, 9.17) is 18.4 Å². The van der Waals surface area contributed by atoms with Crippen molar-refractivity contribution in [3.05, 3.63) is 141 Å². The first-order valence-electron chi connectivity index (χ1n) is 25.3. The average Bonchev–Trinajstić information content (AvgIpc) is 3.93. The van der Waals surface area contributed by atoms with Crippen LogP contribution in [0.4, 0.5) is 17.1 Å². The minimum absolute atomic E-state index is 0.00347. The highest BCUT2D eigenvalue weighted by molar-refractivity contribution is 8.77. The fourth-order valence-electron chi connectivity index (χ4n) is 11.0. The molecule has 0 saturated carbocycles. The van der Waals surface area contributed by atoms with Gasteiger partial charge in [0.25, 0.3) is 32.1 Å². The summed E-state index contributed by atoms with van der Waals surface area (Å²) in [4.78, 5) is 57.6. The highest BCUT2D eigenvalue weighted by Crippen LogP contribution is 2.45. The van der Waals surface area contributed by atoms with Gasteiger partial charge in [-0.25, -0.2) is 0 Å². The molecule has 0 saturated heterocycles. The molecule has 4 amide bonds. The summed E-state index contributed by atoms with van der Waals surface area (Å²) in [6.07, 6.45) is 2.21. The Bertz CT molecular complexity index is 3370. The van der Waals surface area contributed by atoms with E-state index >= 15 is 0 Å². The largest absolute Gasteiger partial charge is 0.493 e. The second-order valence-corrected chi connectivity index (χ2v) is 27.0. The molecule has 3 N–H and O–H groups in total. The van der Waals surface area contributed by atoms with E-state index in [0.29, 0.717) is 87.4 Å². The molecule has 4 aliphatic heterocycles. The van der Waals surface area contributed by atoms with Gasteiger partial charge in [-0.3, -0.25) is 27.9 Å². The van der Waals surface area contributed by atoms with Crippen LogP contribution in [0.15, 0.2) is 91.0 Å². The van der Waals surface area contributed by atoms with E-state index in [0.717, 1.165) is 24.0 Å². The lowest BCUT2D eigenvalue weighted by Gasteiger charge is -2.28. The molecule has 77 heavy (non-hydrogen) atoms. The number of fused-ring (bicyclic) bond motifs is 8. The summed E-state index contributed by atoms with van der Waals surface area (Å²) in [5.41, 5.74) is 7.21. The Morgan fingerprint density at radius 3 is 1.94 bits per heavy atom. The molecule has 4 heterocycles. The van der Waals surface area contributed by atoms with Gasteiger partial charge in [-0.05, 0) is 146 Å². The number of methoxy groups -OCH3 is 1. The van der Waals surface area contributed by atoms with Gasteiger partial charge in [0, 0.05) is 70.5 Å². The molecule has 408 valence electrons. The number of para-hydroxylation sites is 2. The molecule has 5 aromatic rings. The van der Waals surface area contributed by atoms with E-state index in [-0.39, 0.29) is 67.6 Å². The lowest BCUT2D eigenvalue weighted by atomic mass is 9.91. The smallest absolute Gasteiger partial charge is 0.272 e.